The molecule has 0 radical (unpaired) electrons. The van der Waals surface area contributed by atoms with Crippen LogP contribution in [0, 0.1) is 5.92 Å². The Morgan fingerprint density at radius 1 is 0.727 bits per heavy atom. The molecule has 1 saturated heterocycles. The Kier molecular flexibility index (Phi) is 11.2. The molecular weight excluding hydrogens is 550 g/mol. The summed E-state index contributed by atoms with van der Waals surface area (Å²) in [4.78, 5) is 14.3. The lowest BCUT2D eigenvalue weighted by molar-refractivity contribution is -0.276. The Bertz CT molecular complexity index is 1390. The van der Waals surface area contributed by atoms with Gasteiger partial charge in [-0.15, -0.1) is 0 Å². The maximum atomic E-state index is 11.8. The summed E-state index contributed by atoms with van der Waals surface area (Å²) in [5, 5.41) is 15.2. The first-order chi connectivity index (χ1) is 21.5. The summed E-state index contributed by atoms with van der Waals surface area (Å²) < 4.78 is 13.5. The van der Waals surface area contributed by atoms with Gasteiger partial charge >= 0.3 is 6.03 Å². The Labute approximate surface area is 260 Å². The van der Waals surface area contributed by atoms with Crippen molar-refractivity contribution < 1.29 is 19.4 Å². The third-order valence-corrected chi connectivity index (χ3v) is 8.10. The zero-order chi connectivity index (χ0) is 30.7. The predicted molar refractivity (Wildman–Crippen MR) is 172 cm³/mol. The van der Waals surface area contributed by atoms with E-state index in [0.29, 0.717) is 13.1 Å². The summed E-state index contributed by atoms with van der Waals surface area (Å²) in [6.45, 7) is 7.45. The fraction of sp³-hybridized carbons (Fsp3) is 0.324. The molecule has 5 rings (SSSR count). The molecule has 0 bridgehead atoms. The van der Waals surface area contributed by atoms with E-state index in [0.717, 1.165) is 41.9 Å². The van der Waals surface area contributed by atoms with Crippen LogP contribution in [0.3, 0.4) is 0 Å². The average Bonchev–Trinajstić information content (AvgIpc) is 3.06. The van der Waals surface area contributed by atoms with Gasteiger partial charge in [0.25, 0.3) is 0 Å². The molecule has 7 nitrogen and oxygen atoms in total. The molecule has 4 atom stereocenters. The van der Waals surface area contributed by atoms with E-state index in [2.05, 4.69) is 71.0 Å². The number of hydrogen-bond acceptors (Lipinski definition) is 5. The maximum Gasteiger partial charge on any atom is 0.315 e. The molecule has 0 aliphatic carbocycles. The molecular formula is C37H43N3O4. The van der Waals surface area contributed by atoms with Crippen molar-refractivity contribution in [2.45, 2.75) is 58.6 Å². The monoisotopic (exact) mass is 593 g/mol. The van der Waals surface area contributed by atoms with Crippen LogP contribution in [0.15, 0.2) is 109 Å². The van der Waals surface area contributed by atoms with Crippen molar-refractivity contribution in [3.05, 3.63) is 143 Å². The summed E-state index contributed by atoms with van der Waals surface area (Å²) in [6, 6.07) is 37.0. The second-order valence-electron chi connectivity index (χ2n) is 11.4. The third kappa shape index (κ3) is 8.55. The molecule has 4 aromatic carbocycles. The maximum absolute atomic E-state index is 11.8. The highest BCUT2D eigenvalue weighted by Gasteiger charge is 2.39. The summed E-state index contributed by atoms with van der Waals surface area (Å²) in [6.07, 6.45) is -0.858. The second kappa shape index (κ2) is 15.6. The Morgan fingerprint density at radius 2 is 1.30 bits per heavy atom. The number of rotatable bonds is 12. The molecule has 7 heteroatoms. The SMILES string of the molecule is CCNC(=O)NCc1ccc(C2OC(CN(Cc3ccccc3)Cc3ccccc3)C(C)C(c3ccc(CO)cc3)O2)cc1. The van der Waals surface area contributed by atoms with Crippen molar-refractivity contribution >= 4 is 6.03 Å². The van der Waals surface area contributed by atoms with Gasteiger partial charge in [0.05, 0.1) is 18.8 Å². The van der Waals surface area contributed by atoms with Crippen molar-refractivity contribution in [3.8, 4) is 0 Å². The van der Waals surface area contributed by atoms with Gasteiger partial charge in [-0.3, -0.25) is 4.90 Å². The molecule has 1 fully saturated rings. The zero-order valence-electron chi connectivity index (χ0n) is 25.6. The summed E-state index contributed by atoms with van der Waals surface area (Å²) >= 11 is 0. The summed E-state index contributed by atoms with van der Waals surface area (Å²) in [5.74, 6) is 0.0702. The number of nitrogens with zero attached hydrogens (tertiary/aromatic N) is 1. The molecule has 0 saturated carbocycles. The summed E-state index contributed by atoms with van der Waals surface area (Å²) in [7, 11) is 0. The van der Waals surface area contributed by atoms with Gasteiger partial charge in [0.15, 0.2) is 6.29 Å². The number of urea groups is 1. The minimum absolute atomic E-state index is 0.00492. The number of nitrogens with one attached hydrogen (secondary N) is 2. The number of ether oxygens (including phenoxy) is 2. The molecule has 3 N–H and O–H groups in total. The third-order valence-electron chi connectivity index (χ3n) is 8.10. The number of hydrogen-bond donors (Lipinski definition) is 3. The molecule has 1 heterocycles. The highest BCUT2D eigenvalue weighted by Crippen LogP contribution is 2.42. The van der Waals surface area contributed by atoms with Crippen LogP contribution in [0.25, 0.3) is 0 Å². The Morgan fingerprint density at radius 3 is 1.86 bits per heavy atom. The van der Waals surface area contributed by atoms with Crippen LogP contribution in [0.4, 0.5) is 4.79 Å². The molecule has 230 valence electrons. The average molecular weight is 594 g/mol. The van der Waals surface area contributed by atoms with E-state index in [1.54, 1.807) is 0 Å². The molecule has 44 heavy (non-hydrogen) atoms. The number of aliphatic hydroxyl groups is 1. The number of aliphatic hydroxyl groups excluding tert-OH is 1. The highest BCUT2D eigenvalue weighted by molar-refractivity contribution is 5.73. The van der Waals surface area contributed by atoms with Crippen LogP contribution in [-0.2, 0) is 35.7 Å². The van der Waals surface area contributed by atoms with Crippen molar-refractivity contribution in [1.82, 2.24) is 15.5 Å². The molecule has 4 unspecified atom stereocenters. The van der Waals surface area contributed by atoms with Crippen molar-refractivity contribution in [3.63, 3.8) is 0 Å². The van der Waals surface area contributed by atoms with E-state index in [9.17, 15) is 9.90 Å². The van der Waals surface area contributed by atoms with Crippen LogP contribution in [0.5, 0.6) is 0 Å². The van der Waals surface area contributed by atoms with E-state index in [1.807, 2.05) is 67.6 Å². The van der Waals surface area contributed by atoms with Crippen LogP contribution in [-0.4, -0.2) is 35.2 Å². The topological polar surface area (TPSA) is 83.1 Å². The minimum Gasteiger partial charge on any atom is -0.392 e. The Hall–Kier alpha value is -4.01. The van der Waals surface area contributed by atoms with Crippen LogP contribution >= 0.6 is 0 Å². The van der Waals surface area contributed by atoms with E-state index in [-0.39, 0.29) is 30.8 Å². The standard InChI is InChI=1S/C37H43N3O4/c1-3-38-37(42)39-22-28-14-20-33(21-15-28)36-43-34(27(2)35(44-36)32-18-16-31(26-41)17-19-32)25-40(23-29-10-6-4-7-11-29)24-30-12-8-5-9-13-30/h4-21,27,34-36,41H,3,22-26H2,1-2H3,(H2,38,39,42). The van der Waals surface area contributed by atoms with Gasteiger partial charge in [0.2, 0.25) is 0 Å². The van der Waals surface area contributed by atoms with Gasteiger partial charge < -0.3 is 25.2 Å². The molecule has 4 aromatic rings. The first-order valence-corrected chi connectivity index (χ1v) is 15.4. The predicted octanol–water partition coefficient (Wildman–Crippen LogP) is 6.49. The lowest BCUT2D eigenvalue weighted by atomic mass is 9.89. The zero-order valence-corrected chi connectivity index (χ0v) is 25.6. The molecule has 1 aliphatic rings. The number of carbonyl (C=O) groups excluding carboxylic acids is 1. The number of carbonyl (C=O) groups is 1. The van der Waals surface area contributed by atoms with Crippen LogP contribution in [0.1, 0.15) is 59.6 Å². The fourth-order valence-electron chi connectivity index (χ4n) is 5.65. The van der Waals surface area contributed by atoms with Gasteiger partial charge in [0, 0.05) is 44.2 Å². The largest absolute Gasteiger partial charge is 0.392 e. The fourth-order valence-corrected chi connectivity index (χ4v) is 5.65. The first-order valence-electron chi connectivity index (χ1n) is 15.4. The molecule has 1 aliphatic heterocycles. The quantitative estimate of drug-likeness (QED) is 0.175. The van der Waals surface area contributed by atoms with Gasteiger partial charge in [0.1, 0.15) is 0 Å². The normalized spacial score (nSPS) is 19.9. The van der Waals surface area contributed by atoms with Crippen molar-refractivity contribution in [2.24, 2.45) is 5.92 Å². The van der Waals surface area contributed by atoms with Crippen molar-refractivity contribution in [2.75, 3.05) is 13.1 Å². The second-order valence-corrected chi connectivity index (χ2v) is 11.4. The molecule has 0 spiro atoms. The van der Waals surface area contributed by atoms with E-state index < -0.39 is 6.29 Å². The van der Waals surface area contributed by atoms with Crippen LogP contribution < -0.4 is 10.6 Å². The summed E-state index contributed by atoms with van der Waals surface area (Å²) in [5.41, 5.74) is 6.37. The molecule has 2 amide bonds. The molecule has 0 aromatic heterocycles. The lowest BCUT2D eigenvalue weighted by Gasteiger charge is -2.43. The van der Waals surface area contributed by atoms with E-state index in [4.69, 9.17) is 9.47 Å². The van der Waals surface area contributed by atoms with E-state index in [1.165, 1.54) is 11.1 Å². The highest BCUT2D eigenvalue weighted by atomic mass is 16.7. The van der Waals surface area contributed by atoms with Gasteiger partial charge in [-0.05, 0) is 34.7 Å². The van der Waals surface area contributed by atoms with Crippen LogP contribution in [0.2, 0.25) is 0 Å². The van der Waals surface area contributed by atoms with Gasteiger partial charge in [-0.25, -0.2) is 4.79 Å². The number of amides is 2. The van der Waals surface area contributed by atoms with Gasteiger partial charge in [-0.2, -0.15) is 0 Å². The number of benzene rings is 4. The Balaban J connectivity index is 1.39. The first kappa shape index (κ1) is 31.4. The minimum atomic E-state index is -0.556. The smallest absolute Gasteiger partial charge is 0.315 e. The lowest BCUT2D eigenvalue weighted by Crippen LogP contribution is -2.44. The van der Waals surface area contributed by atoms with Crippen molar-refractivity contribution in [1.29, 1.82) is 0 Å². The van der Waals surface area contributed by atoms with E-state index >= 15 is 0 Å². The van der Waals surface area contributed by atoms with Gasteiger partial charge in [-0.1, -0.05) is 116 Å².